The smallest absolute Gasteiger partial charge is 0.0791 e. The standard InChI is InChI=1S/C13H26N4O/c1-4-17(5-2)11-13(18)10-14-8-6-12-7-9-15-16(12)3/h7,9,13-14,18H,4-6,8,10-11H2,1-3H3. The Kier molecular flexibility index (Phi) is 6.93. The summed E-state index contributed by atoms with van der Waals surface area (Å²) in [5.74, 6) is 0. The van der Waals surface area contributed by atoms with Gasteiger partial charge in [0.2, 0.25) is 0 Å². The fourth-order valence-electron chi connectivity index (χ4n) is 1.98. The average Bonchev–Trinajstić information content (AvgIpc) is 2.77. The molecular formula is C13H26N4O. The first kappa shape index (κ1) is 15.1. The van der Waals surface area contributed by atoms with Crippen molar-refractivity contribution in [1.29, 1.82) is 0 Å². The van der Waals surface area contributed by atoms with E-state index in [4.69, 9.17) is 0 Å². The molecule has 0 saturated heterocycles. The number of nitrogens with zero attached hydrogens (tertiary/aromatic N) is 3. The molecule has 18 heavy (non-hydrogen) atoms. The quantitative estimate of drug-likeness (QED) is 0.621. The number of rotatable bonds is 9. The van der Waals surface area contributed by atoms with E-state index in [1.807, 2.05) is 24.0 Å². The van der Waals surface area contributed by atoms with E-state index >= 15 is 0 Å². The van der Waals surface area contributed by atoms with Crippen molar-refractivity contribution in [3.63, 3.8) is 0 Å². The molecule has 0 spiro atoms. The SMILES string of the molecule is CCN(CC)CC(O)CNCCc1ccnn1C. The molecule has 0 aliphatic rings. The molecule has 5 nitrogen and oxygen atoms in total. The van der Waals surface area contributed by atoms with Crippen LogP contribution in [0, 0.1) is 0 Å². The maximum atomic E-state index is 9.87. The van der Waals surface area contributed by atoms with Crippen LogP contribution in [-0.4, -0.2) is 58.6 Å². The highest BCUT2D eigenvalue weighted by atomic mass is 16.3. The van der Waals surface area contributed by atoms with Gasteiger partial charge < -0.3 is 15.3 Å². The Labute approximate surface area is 110 Å². The minimum Gasteiger partial charge on any atom is -0.390 e. The Balaban J connectivity index is 2.12. The lowest BCUT2D eigenvalue weighted by atomic mass is 10.3. The van der Waals surface area contributed by atoms with E-state index in [-0.39, 0.29) is 6.10 Å². The van der Waals surface area contributed by atoms with E-state index in [0.717, 1.165) is 32.6 Å². The molecule has 0 fully saturated rings. The lowest BCUT2D eigenvalue weighted by molar-refractivity contribution is 0.117. The number of aliphatic hydroxyl groups is 1. The van der Waals surface area contributed by atoms with Crippen LogP contribution in [-0.2, 0) is 13.5 Å². The van der Waals surface area contributed by atoms with Crippen LogP contribution in [0.25, 0.3) is 0 Å². The second-order valence-electron chi connectivity index (χ2n) is 4.54. The van der Waals surface area contributed by atoms with Gasteiger partial charge in [-0.1, -0.05) is 13.8 Å². The predicted molar refractivity (Wildman–Crippen MR) is 73.6 cm³/mol. The fourth-order valence-corrected chi connectivity index (χ4v) is 1.98. The zero-order valence-electron chi connectivity index (χ0n) is 11.8. The number of aliphatic hydroxyl groups excluding tert-OH is 1. The van der Waals surface area contributed by atoms with Gasteiger partial charge in [0.15, 0.2) is 0 Å². The molecular weight excluding hydrogens is 228 g/mol. The van der Waals surface area contributed by atoms with Crippen LogP contribution >= 0.6 is 0 Å². The molecule has 104 valence electrons. The van der Waals surface area contributed by atoms with E-state index < -0.39 is 0 Å². The molecule has 1 atom stereocenters. The summed E-state index contributed by atoms with van der Waals surface area (Å²) in [7, 11) is 1.95. The molecule has 1 unspecified atom stereocenters. The third-order valence-electron chi connectivity index (χ3n) is 3.22. The summed E-state index contributed by atoms with van der Waals surface area (Å²) in [6.07, 6.45) is 2.45. The Bertz CT molecular complexity index is 323. The van der Waals surface area contributed by atoms with Gasteiger partial charge in [0, 0.05) is 45.0 Å². The van der Waals surface area contributed by atoms with Crippen LogP contribution in [0.3, 0.4) is 0 Å². The molecule has 5 heteroatoms. The lowest BCUT2D eigenvalue weighted by Crippen LogP contribution is -2.38. The Hall–Kier alpha value is -0.910. The topological polar surface area (TPSA) is 53.3 Å². The summed E-state index contributed by atoms with van der Waals surface area (Å²) >= 11 is 0. The van der Waals surface area contributed by atoms with E-state index in [1.54, 1.807) is 0 Å². The van der Waals surface area contributed by atoms with Crippen molar-refractivity contribution < 1.29 is 5.11 Å². The van der Waals surface area contributed by atoms with E-state index in [9.17, 15) is 5.11 Å². The molecule has 0 bridgehead atoms. The maximum Gasteiger partial charge on any atom is 0.0791 e. The van der Waals surface area contributed by atoms with Crippen LogP contribution < -0.4 is 5.32 Å². The monoisotopic (exact) mass is 254 g/mol. The molecule has 0 amide bonds. The molecule has 0 radical (unpaired) electrons. The zero-order valence-corrected chi connectivity index (χ0v) is 11.8. The Morgan fingerprint density at radius 2 is 2.17 bits per heavy atom. The minimum absolute atomic E-state index is 0.295. The largest absolute Gasteiger partial charge is 0.390 e. The second kappa shape index (κ2) is 8.24. The van der Waals surface area contributed by atoms with Crippen molar-refractivity contribution in [1.82, 2.24) is 20.0 Å². The Morgan fingerprint density at radius 3 is 2.72 bits per heavy atom. The molecule has 0 saturated carbocycles. The predicted octanol–water partition coefficient (Wildman–Crippen LogP) is 0.255. The van der Waals surface area contributed by atoms with Gasteiger partial charge in [-0.3, -0.25) is 4.68 Å². The number of nitrogens with one attached hydrogen (secondary N) is 1. The van der Waals surface area contributed by atoms with Gasteiger partial charge >= 0.3 is 0 Å². The van der Waals surface area contributed by atoms with Crippen LogP contribution in [0.4, 0.5) is 0 Å². The van der Waals surface area contributed by atoms with Crippen molar-refractivity contribution in [2.45, 2.75) is 26.4 Å². The van der Waals surface area contributed by atoms with Crippen molar-refractivity contribution in [2.75, 3.05) is 32.7 Å². The average molecular weight is 254 g/mol. The normalized spacial score (nSPS) is 13.2. The van der Waals surface area contributed by atoms with E-state index in [0.29, 0.717) is 6.54 Å². The number of hydrogen-bond donors (Lipinski definition) is 2. The molecule has 0 aliphatic carbocycles. The van der Waals surface area contributed by atoms with Gasteiger partial charge in [-0.25, -0.2) is 0 Å². The van der Waals surface area contributed by atoms with E-state index in [1.165, 1.54) is 5.69 Å². The first-order valence-corrected chi connectivity index (χ1v) is 6.75. The highest BCUT2D eigenvalue weighted by Crippen LogP contribution is 1.96. The summed E-state index contributed by atoms with van der Waals surface area (Å²) in [6.45, 7) is 8.47. The lowest BCUT2D eigenvalue weighted by Gasteiger charge is -2.22. The summed E-state index contributed by atoms with van der Waals surface area (Å²) in [4.78, 5) is 2.23. The first-order chi connectivity index (χ1) is 8.67. The van der Waals surface area contributed by atoms with Crippen LogP contribution in [0.5, 0.6) is 0 Å². The molecule has 1 rings (SSSR count). The number of aromatic nitrogens is 2. The van der Waals surface area contributed by atoms with Crippen LogP contribution in [0.1, 0.15) is 19.5 Å². The van der Waals surface area contributed by atoms with E-state index in [2.05, 4.69) is 29.2 Å². The van der Waals surface area contributed by atoms with Crippen molar-refractivity contribution >= 4 is 0 Å². The second-order valence-corrected chi connectivity index (χ2v) is 4.54. The number of aryl methyl sites for hydroxylation is 1. The summed E-state index contributed by atoms with van der Waals surface area (Å²) in [5, 5.41) is 17.3. The van der Waals surface area contributed by atoms with Crippen molar-refractivity contribution in [3.05, 3.63) is 18.0 Å². The molecule has 0 aromatic carbocycles. The highest BCUT2D eigenvalue weighted by molar-refractivity contribution is 5.00. The zero-order chi connectivity index (χ0) is 13.4. The molecule has 2 N–H and O–H groups in total. The highest BCUT2D eigenvalue weighted by Gasteiger charge is 2.08. The van der Waals surface area contributed by atoms with Gasteiger partial charge in [-0.2, -0.15) is 5.10 Å². The summed E-state index contributed by atoms with van der Waals surface area (Å²) < 4.78 is 1.88. The van der Waals surface area contributed by atoms with Crippen LogP contribution in [0.2, 0.25) is 0 Å². The van der Waals surface area contributed by atoms with Gasteiger partial charge in [-0.05, 0) is 19.2 Å². The maximum absolute atomic E-state index is 9.87. The fraction of sp³-hybridized carbons (Fsp3) is 0.769. The summed E-state index contributed by atoms with van der Waals surface area (Å²) in [5.41, 5.74) is 1.21. The van der Waals surface area contributed by atoms with Crippen molar-refractivity contribution in [3.8, 4) is 0 Å². The first-order valence-electron chi connectivity index (χ1n) is 6.75. The minimum atomic E-state index is -0.295. The number of hydrogen-bond acceptors (Lipinski definition) is 4. The third-order valence-corrected chi connectivity index (χ3v) is 3.22. The Morgan fingerprint density at radius 1 is 1.44 bits per heavy atom. The van der Waals surface area contributed by atoms with Gasteiger partial charge in [0.25, 0.3) is 0 Å². The van der Waals surface area contributed by atoms with Crippen molar-refractivity contribution in [2.24, 2.45) is 7.05 Å². The van der Waals surface area contributed by atoms with Gasteiger partial charge in [-0.15, -0.1) is 0 Å². The molecule has 1 aromatic heterocycles. The molecule has 1 aromatic rings. The summed E-state index contributed by atoms with van der Waals surface area (Å²) in [6, 6.07) is 2.02. The molecule has 0 aliphatic heterocycles. The third kappa shape index (κ3) is 5.16. The van der Waals surface area contributed by atoms with Gasteiger partial charge in [0.1, 0.15) is 0 Å². The molecule has 1 heterocycles. The van der Waals surface area contributed by atoms with Gasteiger partial charge in [0.05, 0.1) is 6.10 Å². The van der Waals surface area contributed by atoms with Crippen LogP contribution in [0.15, 0.2) is 12.3 Å². The number of likely N-dealkylation sites (N-methyl/N-ethyl adjacent to an activating group) is 1.